The molecule has 0 spiro atoms. The van der Waals surface area contributed by atoms with Crippen LogP contribution in [0.5, 0.6) is 23.0 Å². The molecule has 10 aromatic carbocycles. The number of aromatic nitrogens is 4. The van der Waals surface area contributed by atoms with Crippen LogP contribution in [0.15, 0.2) is 174 Å². The first-order valence-electron chi connectivity index (χ1n) is 26.0. The summed E-state index contributed by atoms with van der Waals surface area (Å²) in [4.78, 5) is 0. The molecule has 5 heterocycles. The fourth-order valence-corrected chi connectivity index (χ4v) is 12.7. The van der Waals surface area contributed by atoms with Crippen LogP contribution in [-0.4, -0.2) is 46.7 Å². The SMILES string of the molecule is COc1ccc2c(c1)c1cc(OC)ccc1n2-c1c(C#N)c(-n2c3ccc(C)cc3c3cc(OC)ccc32)c(-n2c3ccccc3c3ccc4c5ccccc5oc4c32)c(C#N)c1-n1c2ccc(C)cc2c2cc(OC)ccc21. The molecule has 0 amide bonds. The zero-order valence-corrected chi connectivity index (χ0v) is 43.9. The molecule has 0 aliphatic rings. The minimum atomic E-state index is 0.308. The van der Waals surface area contributed by atoms with Crippen molar-refractivity contribution in [1.82, 2.24) is 18.3 Å². The van der Waals surface area contributed by atoms with E-state index in [0.29, 0.717) is 62.5 Å². The van der Waals surface area contributed by atoms with Crippen LogP contribution in [0.2, 0.25) is 0 Å². The normalized spacial score (nSPS) is 11.9. The predicted molar refractivity (Wildman–Crippen MR) is 316 cm³/mol. The fourth-order valence-electron chi connectivity index (χ4n) is 12.7. The Labute approximate surface area is 451 Å². The number of nitrogens with zero attached hydrogens (tertiary/aromatic N) is 6. The molecular formula is C68H46N6O5. The van der Waals surface area contributed by atoms with Gasteiger partial charge in [0.1, 0.15) is 51.8 Å². The second-order valence-corrected chi connectivity index (χ2v) is 20.2. The lowest BCUT2D eigenvalue weighted by Crippen LogP contribution is -2.16. The number of hydrogen-bond acceptors (Lipinski definition) is 7. The summed E-state index contributed by atoms with van der Waals surface area (Å²) in [6.07, 6.45) is 0. The molecule has 0 N–H and O–H groups in total. The predicted octanol–water partition coefficient (Wildman–Crippen LogP) is 16.4. The summed E-state index contributed by atoms with van der Waals surface area (Å²) in [5.41, 5.74) is 12.5. The lowest BCUT2D eigenvalue weighted by atomic mass is 9.98. The van der Waals surface area contributed by atoms with Gasteiger partial charge < -0.3 is 41.6 Å². The number of ether oxygens (including phenoxy) is 4. The van der Waals surface area contributed by atoms with Crippen molar-refractivity contribution in [2.24, 2.45) is 0 Å². The van der Waals surface area contributed by atoms with Crippen LogP contribution in [0.4, 0.5) is 0 Å². The average Bonchev–Trinajstić information content (AvgIpc) is 4.49. The summed E-state index contributed by atoms with van der Waals surface area (Å²) in [7, 11) is 6.66. The number of benzene rings is 10. The van der Waals surface area contributed by atoms with E-state index in [2.05, 4.69) is 135 Å². The molecule has 0 fully saturated rings. The van der Waals surface area contributed by atoms with E-state index in [1.165, 1.54) is 0 Å². The molecule has 11 heteroatoms. The Morgan fingerprint density at radius 1 is 0.342 bits per heavy atom. The summed E-state index contributed by atoms with van der Waals surface area (Å²) >= 11 is 0. The van der Waals surface area contributed by atoms with Gasteiger partial charge in [-0.05, 0) is 129 Å². The van der Waals surface area contributed by atoms with E-state index in [-0.39, 0.29) is 0 Å². The molecule has 0 aliphatic heterocycles. The van der Waals surface area contributed by atoms with Crippen molar-refractivity contribution in [3.05, 3.63) is 192 Å². The quantitative estimate of drug-likeness (QED) is 0.149. The zero-order valence-electron chi connectivity index (χ0n) is 43.9. The van der Waals surface area contributed by atoms with Gasteiger partial charge in [0.2, 0.25) is 0 Å². The van der Waals surface area contributed by atoms with E-state index < -0.39 is 0 Å². The Kier molecular flexibility index (Phi) is 9.81. The standard InChI is InChI=1S/C68H46N6O5/c1-37-15-23-56-47(29-37)49-31-39(75-3)17-25-58(49)71(56)64-54(36-70)66(74-55-13-9-7-11-43(55)45-21-22-46-44-12-8-10-14-62(44)79-68(46)67(45)74)65(72-57-24-16-38(2)30-48(57)50-32-40(76-4)18-26-59(50)72)53(35-69)63(64)73-60-27-19-41(77-5)33-51(60)52-34-42(78-6)20-28-61(52)73/h7-34H,1-6H3. The number of rotatable bonds is 8. The summed E-state index contributed by atoms with van der Waals surface area (Å²) in [5.74, 6) is 2.70. The van der Waals surface area contributed by atoms with Gasteiger partial charge in [0.05, 0.1) is 95.3 Å². The number of nitriles is 2. The number of fused-ring (bicyclic) bond motifs is 16. The smallest absolute Gasteiger partial charge is 0.160 e. The van der Waals surface area contributed by atoms with Crippen LogP contribution in [0, 0.1) is 36.5 Å². The van der Waals surface area contributed by atoms with E-state index in [1.807, 2.05) is 78.9 Å². The Morgan fingerprint density at radius 2 is 0.696 bits per heavy atom. The lowest BCUT2D eigenvalue weighted by molar-refractivity contribution is 0.415. The first-order valence-corrected chi connectivity index (χ1v) is 26.0. The Balaban J connectivity index is 1.28. The van der Waals surface area contributed by atoms with Crippen LogP contribution in [0.25, 0.3) is 132 Å². The first-order chi connectivity index (χ1) is 38.7. The number of furan rings is 1. The maximum Gasteiger partial charge on any atom is 0.160 e. The number of methoxy groups -OCH3 is 4. The van der Waals surface area contributed by atoms with E-state index in [1.54, 1.807) is 28.4 Å². The van der Waals surface area contributed by atoms with Gasteiger partial charge in [-0.1, -0.05) is 65.7 Å². The zero-order chi connectivity index (χ0) is 53.5. The van der Waals surface area contributed by atoms with Crippen LogP contribution in [0.3, 0.4) is 0 Å². The number of aryl methyl sites for hydroxylation is 2. The second-order valence-electron chi connectivity index (χ2n) is 20.2. The highest BCUT2D eigenvalue weighted by Crippen LogP contribution is 2.51. The summed E-state index contributed by atoms with van der Waals surface area (Å²) < 4.78 is 39.4. The third kappa shape index (κ3) is 6.27. The van der Waals surface area contributed by atoms with Gasteiger partial charge in [0, 0.05) is 53.9 Å². The third-order valence-electron chi connectivity index (χ3n) is 16.1. The largest absolute Gasteiger partial charge is 0.497 e. The summed E-state index contributed by atoms with van der Waals surface area (Å²) in [5, 5.41) is 34.9. The number of para-hydroxylation sites is 2. The van der Waals surface area contributed by atoms with Crippen LogP contribution in [0.1, 0.15) is 22.3 Å². The molecule has 11 nitrogen and oxygen atoms in total. The van der Waals surface area contributed by atoms with Crippen LogP contribution >= 0.6 is 0 Å². The molecule has 0 saturated carbocycles. The van der Waals surface area contributed by atoms with Crippen molar-refractivity contribution in [1.29, 1.82) is 10.5 Å². The van der Waals surface area contributed by atoms with Gasteiger partial charge >= 0.3 is 0 Å². The van der Waals surface area contributed by atoms with Crippen molar-refractivity contribution in [2.75, 3.05) is 28.4 Å². The Morgan fingerprint density at radius 3 is 1.13 bits per heavy atom. The van der Waals surface area contributed by atoms with Crippen molar-refractivity contribution in [3.63, 3.8) is 0 Å². The van der Waals surface area contributed by atoms with Crippen molar-refractivity contribution < 1.29 is 23.4 Å². The van der Waals surface area contributed by atoms with E-state index in [4.69, 9.17) is 23.4 Å². The van der Waals surface area contributed by atoms with E-state index >= 15 is 0 Å². The Hall–Kier alpha value is -10.6. The highest BCUT2D eigenvalue weighted by atomic mass is 16.5. The lowest BCUT2D eigenvalue weighted by Gasteiger charge is -2.27. The fraction of sp³-hybridized carbons (Fsp3) is 0.0882. The maximum absolute atomic E-state index is 12.9. The molecule has 0 unspecified atom stereocenters. The molecule has 0 saturated heterocycles. The summed E-state index contributed by atoms with van der Waals surface area (Å²) in [6.45, 7) is 4.17. The van der Waals surface area contributed by atoms with Gasteiger partial charge in [-0.3, -0.25) is 0 Å². The highest BCUT2D eigenvalue weighted by Gasteiger charge is 2.35. The molecule has 15 rings (SSSR count). The molecule has 0 bridgehead atoms. The molecule has 15 aromatic rings. The van der Waals surface area contributed by atoms with Gasteiger partial charge in [-0.15, -0.1) is 0 Å². The molecular weight excluding hydrogens is 981 g/mol. The van der Waals surface area contributed by atoms with Gasteiger partial charge in [-0.2, -0.15) is 10.5 Å². The van der Waals surface area contributed by atoms with Crippen molar-refractivity contribution in [3.8, 4) is 57.9 Å². The van der Waals surface area contributed by atoms with Crippen molar-refractivity contribution in [2.45, 2.75) is 13.8 Å². The number of hydrogen-bond donors (Lipinski definition) is 0. The molecule has 0 aliphatic carbocycles. The molecule has 5 aromatic heterocycles. The molecule has 378 valence electrons. The van der Waals surface area contributed by atoms with Gasteiger partial charge in [-0.25, -0.2) is 0 Å². The maximum atomic E-state index is 12.9. The Bertz CT molecular complexity index is 5200. The van der Waals surface area contributed by atoms with Gasteiger partial charge in [0.15, 0.2) is 5.58 Å². The van der Waals surface area contributed by atoms with E-state index in [0.717, 1.165) is 115 Å². The molecule has 0 atom stereocenters. The van der Waals surface area contributed by atoms with Crippen LogP contribution < -0.4 is 18.9 Å². The van der Waals surface area contributed by atoms with Gasteiger partial charge in [0.25, 0.3) is 0 Å². The topological polar surface area (TPSA) is 117 Å². The second kappa shape index (κ2) is 16.9. The molecule has 79 heavy (non-hydrogen) atoms. The summed E-state index contributed by atoms with van der Waals surface area (Å²) in [6, 6.07) is 63.4. The van der Waals surface area contributed by atoms with Crippen LogP contribution in [-0.2, 0) is 0 Å². The third-order valence-corrected chi connectivity index (χ3v) is 16.1. The van der Waals surface area contributed by atoms with Crippen molar-refractivity contribution >= 4 is 109 Å². The molecule has 0 radical (unpaired) electrons. The minimum Gasteiger partial charge on any atom is -0.497 e. The monoisotopic (exact) mass is 1030 g/mol. The minimum absolute atomic E-state index is 0.308. The highest BCUT2D eigenvalue weighted by molar-refractivity contribution is 6.23. The first kappa shape index (κ1) is 45.7. The van der Waals surface area contributed by atoms with E-state index in [9.17, 15) is 10.5 Å². The average molecular weight is 1030 g/mol.